The molecular formula is C20H23BrCl2N2O3S2. The number of thioether (sulfide) groups is 1. The van der Waals surface area contributed by atoms with Crippen molar-refractivity contribution in [2.75, 3.05) is 12.8 Å². The Morgan fingerprint density at radius 3 is 2.50 bits per heavy atom. The lowest BCUT2D eigenvalue weighted by atomic mass is 10.0. The Labute approximate surface area is 201 Å². The van der Waals surface area contributed by atoms with Crippen molar-refractivity contribution in [3.63, 3.8) is 0 Å². The summed E-state index contributed by atoms with van der Waals surface area (Å²) < 4.78 is 23.6. The summed E-state index contributed by atoms with van der Waals surface area (Å²) in [6, 6.07) is 10.6. The highest BCUT2D eigenvalue weighted by molar-refractivity contribution is 8.93. The maximum absolute atomic E-state index is 11.8. The van der Waals surface area contributed by atoms with Crippen LogP contribution >= 0.6 is 51.0 Å². The number of amidine groups is 1. The first-order chi connectivity index (χ1) is 13.6. The normalized spacial score (nSPS) is 20.5. The number of aliphatic imine (C=N–C) groups is 1. The Morgan fingerprint density at radius 2 is 1.90 bits per heavy atom. The highest BCUT2D eigenvalue weighted by atomic mass is 79.9. The van der Waals surface area contributed by atoms with Crippen molar-refractivity contribution in [3.05, 3.63) is 58.1 Å². The third-order valence-corrected chi connectivity index (χ3v) is 8.02. The molecule has 0 spiro atoms. The van der Waals surface area contributed by atoms with Crippen molar-refractivity contribution in [1.82, 2.24) is 4.90 Å². The summed E-state index contributed by atoms with van der Waals surface area (Å²) in [5, 5.41) is 12.0. The van der Waals surface area contributed by atoms with Crippen LogP contribution in [-0.4, -0.2) is 36.4 Å². The minimum absolute atomic E-state index is 0. The third-order valence-electron chi connectivity index (χ3n) is 5.05. The highest BCUT2D eigenvalue weighted by Gasteiger charge is 2.43. The van der Waals surface area contributed by atoms with E-state index in [1.54, 1.807) is 18.0 Å². The summed E-state index contributed by atoms with van der Waals surface area (Å²) in [6.45, 7) is 4.20. The van der Waals surface area contributed by atoms with E-state index in [1.165, 1.54) is 29.5 Å². The summed E-state index contributed by atoms with van der Waals surface area (Å²) >= 11 is 7.38. The van der Waals surface area contributed by atoms with Gasteiger partial charge in [0.2, 0.25) is 0 Å². The quantitative estimate of drug-likeness (QED) is 0.496. The Morgan fingerprint density at radius 1 is 1.20 bits per heavy atom. The maximum Gasteiger partial charge on any atom is 0.262 e. The second-order valence-corrected chi connectivity index (χ2v) is 10.7. The minimum atomic E-state index is -4.03. The molecule has 2 aromatic carbocycles. The zero-order chi connectivity index (χ0) is 21.4. The number of rotatable bonds is 5. The van der Waals surface area contributed by atoms with E-state index in [-0.39, 0.29) is 26.9 Å². The fourth-order valence-electron chi connectivity index (χ4n) is 3.19. The zero-order valence-corrected chi connectivity index (χ0v) is 21.6. The first-order valence-electron chi connectivity index (χ1n) is 9.14. The molecule has 164 valence electrons. The molecule has 0 bridgehead atoms. The van der Waals surface area contributed by atoms with Gasteiger partial charge < -0.3 is 10.0 Å². The van der Waals surface area contributed by atoms with Crippen LogP contribution in [0, 0.1) is 0 Å². The van der Waals surface area contributed by atoms with Crippen LogP contribution in [0.5, 0.6) is 0 Å². The molecule has 30 heavy (non-hydrogen) atoms. The van der Waals surface area contributed by atoms with Gasteiger partial charge in [0.15, 0.2) is 10.9 Å². The van der Waals surface area contributed by atoms with Gasteiger partial charge in [0.05, 0.1) is 16.5 Å². The molecular weight excluding hydrogens is 531 g/mol. The smallest absolute Gasteiger partial charge is 0.262 e. The van der Waals surface area contributed by atoms with E-state index in [0.717, 1.165) is 24.1 Å². The number of hydrogen-bond donors (Lipinski definition) is 1. The van der Waals surface area contributed by atoms with E-state index in [2.05, 4.69) is 26.0 Å². The largest absolute Gasteiger partial charge is 0.366 e. The molecule has 0 amide bonds. The fourth-order valence-corrected chi connectivity index (χ4v) is 5.89. The van der Waals surface area contributed by atoms with Crippen molar-refractivity contribution >= 4 is 70.9 Å². The van der Waals surface area contributed by atoms with E-state index < -0.39 is 14.8 Å². The third kappa shape index (κ3) is 5.00. The molecule has 0 aromatic heterocycles. The summed E-state index contributed by atoms with van der Waals surface area (Å²) in [5.41, 5.74) is 2.22. The highest BCUT2D eigenvalue weighted by Crippen LogP contribution is 2.41. The van der Waals surface area contributed by atoms with Gasteiger partial charge in [-0.1, -0.05) is 55.4 Å². The molecule has 2 aromatic rings. The molecule has 1 N–H and O–H groups in total. The average molecular weight is 554 g/mol. The van der Waals surface area contributed by atoms with Gasteiger partial charge in [-0.05, 0) is 42.2 Å². The van der Waals surface area contributed by atoms with E-state index in [9.17, 15) is 13.5 Å². The monoisotopic (exact) mass is 552 g/mol. The predicted octanol–water partition coefficient (Wildman–Crippen LogP) is 5.48. The molecule has 1 fully saturated rings. The number of nitrogens with zero attached hydrogens (tertiary/aromatic N) is 2. The average Bonchev–Trinajstić information content (AvgIpc) is 2.97. The zero-order valence-electron chi connectivity index (χ0n) is 16.7. The minimum Gasteiger partial charge on any atom is -0.366 e. The first-order valence-corrected chi connectivity index (χ1v) is 12.8. The summed E-state index contributed by atoms with van der Waals surface area (Å²) in [5.74, 6) is 0.292. The van der Waals surface area contributed by atoms with Gasteiger partial charge in [-0.2, -0.15) is 0 Å². The lowest BCUT2D eigenvalue weighted by Crippen LogP contribution is -2.42. The number of aliphatic hydroxyl groups is 1. The first kappa shape index (κ1) is 25.5. The second kappa shape index (κ2) is 9.79. The molecule has 0 aliphatic carbocycles. The second-order valence-electron chi connectivity index (χ2n) is 6.81. The molecule has 1 atom stereocenters. The maximum atomic E-state index is 11.8. The van der Waals surface area contributed by atoms with Crippen LogP contribution in [0.4, 0.5) is 5.69 Å². The van der Waals surface area contributed by atoms with Crippen LogP contribution in [0.25, 0.3) is 0 Å². The number of aryl methyl sites for hydroxylation is 2. The Balaban J connectivity index is 0.00000320. The van der Waals surface area contributed by atoms with Crippen molar-refractivity contribution in [2.45, 2.75) is 37.3 Å². The van der Waals surface area contributed by atoms with Crippen LogP contribution in [0.2, 0.25) is 5.02 Å². The van der Waals surface area contributed by atoms with E-state index in [0.29, 0.717) is 16.5 Å². The number of benzene rings is 2. The molecule has 3 rings (SSSR count). The van der Waals surface area contributed by atoms with Crippen LogP contribution in [0.3, 0.4) is 0 Å². The fraction of sp³-hybridized carbons (Fsp3) is 0.350. The van der Waals surface area contributed by atoms with Gasteiger partial charge in [-0.3, -0.25) is 0 Å². The van der Waals surface area contributed by atoms with E-state index in [4.69, 9.17) is 27.3 Å². The topological polar surface area (TPSA) is 70.0 Å². The van der Waals surface area contributed by atoms with Crippen molar-refractivity contribution < 1.29 is 13.5 Å². The van der Waals surface area contributed by atoms with Gasteiger partial charge in [-0.25, -0.2) is 13.4 Å². The van der Waals surface area contributed by atoms with Crippen molar-refractivity contribution in [1.29, 1.82) is 0 Å². The van der Waals surface area contributed by atoms with Gasteiger partial charge in [0.1, 0.15) is 4.90 Å². The van der Waals surface area contributed by atoms with Crippen molar-refractivity contribution in [3.8, 4) is 0 Å². The van der Waals surface area contributed by atoms with E-state index >= 15 is 0 Å². The molecule has 0 radical (unpaired) electrons. The van der Waals surface area contributed by atoms with Crippen LogP contribution in [0.1, 0.15) is 30.5 Å². The summed E-state index contributed by atoms with van der Waals surface area (Å²) in [7, 11) is 3.18. The number of halogens is 3. The molecule has 1 saturated heterocycles. The van der Waals surface area contributed by atoms with Gasteiger partial charge in [0, 0.05) is 23.3 Å². The van der Waals surface area contributed by atoms with Gasteiger partial charge in [-0.15, -0.1) is 17.0 Å². The van der Waals surface area contributed by atoms with Crippen LogP contribution in [0.15, 0.2) is 46.3 Å². The summed E-state index contributed by atoms with van der Waals surface area (Å²) in [4.78, 5) is 6.20. The molecule has 1 heterocycles. The van der Waals surface area contributed by atoms with Gasteiger partial charge in [0.25, 0.3) is 9.05 Å². The van der Waals surface area contributed by atoms with E-state index in [1.807, 2.05) is 6.07 Å². The Hall–Kier alpha value is -0.770. The molecule has 1 aliphatic heterocycles. The lowest BCUT2D eigenvalue weighted by molar-refractivity contribution is -0.0349. The van der Waals surface area contributed by atoms with Crippen LogP contribution < -0.4 is 0 Å². The van der Waals surface area contributed by atoms with Crippen molar-refractivity contribution in [2.24, 2.45) is 4.99 Å². The number of hydrogen-bond acceptors (Lipinski definition) is 5. The molecule has 10 heteroatoms. The molecule has 5 nitrogen and oxygen atoms in total. The lowest BCUT2D eigenvalue weighted by Gasteiger charge is -2.31. The predicted molar refractivity (Wildman–Crippen MR) is 131 cm³/mol. The van der Waals surface area contributed by atoms with Gasteiger partial charge >= 0.3 is 0 Å². The summed E-state index contributed by atoms with van der Waals surface area (Å²) in [6.07, 6.45) is 1.81. The Bertz CT molecular complexity index is 1080. The molecule has 1 aliphatic rings. The molecule has 1 unspecified atom stereocenters. The molecule has 0 saturated carbocycles. The Kier molecular flexibility index (Phi) is 8.32. The van der Waals surface area contributed by atoms with Crippen LogP contribution in [-0.2, 0) is 27.6 Å². The standard InChI is InChI=1S/C20H22Cl2N2O3S2.BrH/c1-4-13-6-9-17(14(5-2)10-13)23-19-24(3)20(25,12-28-19)15-7-8-16(21)18(11-15)29(22,26)27;/h6-11,25H,4-5,12H2,1-3H3;1H. The SMILES string of the molecule is Br.CCc1ccc(N=C2SCC(O)(c3ccc(Cl)c(S(=O)(=O)Cl)c3)N2C)c(CC)c1.